The maximum absolute atomic E-state index is 6.25. The standard InChI is InChI=1S/C20H30ClN7.HI/c1-14-25-26-18(28(14)4)13-24-20(22-2)23-12-16-8-6-10-27(3)19(16)15-7-5-9-17(21)11-15;/h5,7,9,11,16,19H,6,8,10,12-13H2,1-4H3,(H2,22,23,24);1H. The summed E-state index contributed by atoms with van der Waals surface area (Å²) in [6, 6.07) is 8.58. The van der Waals surface area contributed by atoms with E-state index in [1.165, 1.54) is 18.4 Å². The summed E-state index contributed by atoms with van der Waals surface area (Å²) in [5, 5.41) is 15.9. The number of aliphatic imine (C=N–C) groups is 1. The zero-order valence-electron chi connectivity index (χ0n) is 17.5. The fourth-order valence-electron chi connectivity index (χ4n) is 3.91. The first kappa shape index (κ1) is 23.9. The number of nitrogens with zero attached hydrogens (tertiary/aromatic N) is 5. The molecule has 0 radical (unpaired) electrons. The first-order valence-corrected chi connectivity index (χ1v) is 10.1. The third kappa shape index (κ3) is 6.05. The minimum atomic E-state index is 0. The van der Waals surface area contributed by atoms with E-state index in [0.717, 1.165) is 35.7 Å². The molecule has 29 heavy (non-hydrogen) atoms. The van der Waals surface area contributed by atoms with Crippen molar-refractivity contribution in [2.75, 3.05) is 27.2 Å². The smallest absolute Gasteiger partial charge is 0.191 e. The van der Waals surface area contributed by atoms with Crippen molar-refractivity contribution in [1.29, 1.82) is 0 Å². The molecule has 0 amide bonds. The van der Waals surface area contributed by atoms with Gasteiger partial charge in [0, 0.05) is 31.7 Å². The van der Waals surface area contributed by atoms with Gasteiger partial charge in [-0.05, 0) is 57.0 Å². The third-order valence-corrected chi connectivity index (χ3v) is 5.78. The Balaban J connectivity index is 0.00000300. The van der Waals surface area contributed by atoms with Gasteiger partial charge in [0.2, 0.25) is 0 Å². The van der Waals surface area contributed by atoms with E-state index in [4.69, 9.17) is 11.6 Å². The van der Waals surface area contributed by atoms with E-state index in [1.54, 1.807) is 7.05 Å². The molecule has 0 saturated carbocycles. The third-order valence-electron chi connectivity index (χ3n) is 5.55. The molecule has 160 valence electrons. The molecule has 0 bridgehead atoms. The van der Waals surface area contributed by atoms with Crippen molar-refractivity contribution in [3.63, 3.8) is 0 Å². The highest BCUT2D eigenvalue weighted by Gasteiger charge is 2.30. The zero-order chi connectivity index (χ0) is 20.1. The Morgan fingerprint density at radius 3 is 2.72 bits per heavy atom. The molecule has 1 aromatic carbocycles. The lowest BCUT2D eigenvalue weighted by Gasteiger charge is -2.40. The average Bonchev–Trinajstić information content (AvgIpc) is 3.00. The van der Waals surface area contributed by atoms with Gasteiger partial charge in [0.05, 0.1) is 6.54 Å². The van der Waals surface area contributed by atoms with Gasteiger partial charge in [0.25, 0.3) is 0 Å². The van der Waals surface area contributed by atoms with Crippen LogP contribution in [0.3, 0.4) is 0 Å². The van der Waals surface area contributed by atoms with Gasteiger partial charge in [0.15, 0.2) is 11.8 Å². The van der Waals surface area contributed by atoms with Crippen molar-refractivity contribution in [3.8, 4) is 0 Å². The molecule has 2 aromatic rings. The lowest BCUT2D eigenvalue weighted by molar-refractivity contribution is 0.122. The summed E-state index contributed by atoms with van der Waals surface area (Å²) in [7, 11) is 5.95. The maximum atomic E-state index is 6.25. The van der Waals surface area contributed by atoms with Gasteiger partial charge in [-0.25, -0.2) is 0 Å². The van der Waals surface area contributed by atoms with E-state index in [0.29, 0.717) is 18.5 Å². The summed E-state index contributed by atoms with van der Waals surface area (Å²) in [4.78, 5) is 6.79. The minimum absolute atomic E-state index is 0. The number of aryl methyl sites for hydroxylation is 1. The fraction of sp³-hybridized carbons (Fsp3) is 0.550. The Bertz CT molecular complexity index is 823. The van der Waals surface area contributed by atoms with Crippen LogP contribution < -0.4 is 10.6 Å². The minimum Gasteiger partial charge on any atom is -0.356 e. The van der Waals surface area contributed by atoms with Crippen LogP contribution in [0.5, 0.6) is 0 Å². The molecule has 0 aliphatic carbocycles. The number of hydrogen-bond acceptors (Lipinski definition) is 4. The summed E-state index contributed by atoms with van der Waals surface area (Å²) >= 11 is 6.25. The molecular weight excluding hydrogens is 501 g/mol. The highest BCUT2D eigenvalue weighted by molar-refractivity contribution is 14.0. The summed E-state index contributed by atoms with van der Waals surface area (Å²) in [6.07, 6.45) is 2.37. The second-order valence-corrected chi connectivity index (χ2v) is 7.85. The summed E-state index contributed by atoms with van der Waals surface area (Å²) in [6.45, 7) is 4.48. The van der Waals surface area contributed by atoms with E-state index in [-0.39, 0.29) is 24.0 Å². The number of halogens is 2. The summed E-state index contributed by atoms with van der Waals surface area (Å²) in [5.41, 5.74) is 1.28. The van der Waals surface area contributed by atoms with Crippen LogP contribution in [-0.2, 0) is 13.6 Å². The van der Waals surface area contributed by atoms with E-state index >= 15 is 0 Å². The second kappa shape index (κ2) is 11.1. The zero-order valence-corrected chi connectivity index (χ0v) is 20.6. The van der Waals surface area contributed by atoms with Crippen LogP contribution >= 0.6 is 35.6 Å². The molecule has 2 heterocycles. The molecule has 7 nitrogen and oxygen atoms in total. The topological polar surface area (TPSA) is 70.4 Å². The molecule has 3 rings (SSSR count). The SMILES string of the molecule is CN=C(NCc1nnc(C)n1C)NCC1CCCN(C)C1c1cccc(Cl)c1.I. The summed E-state index contributed by atoms with van der Waals surface area (Å²) < 4.78 is 1.98. The fourth-order valence-corrected chi connectivity index (χ4v) is 4.11. The molecule has 1 fully saturated rings. The predicted octanol–water partition coefficient (Wildman–Crippen LogP) is 3.14. The molecule has 2 atom stereocenters. The first-order chi connectivity index (χ1) is 13.5. The molecule has 9 heteroatoms. The van der Waals surface area contributed by atoms with Crippen LogP contribution in [0.2, 0.25) is 5.02 Å². The van der Waals surface area contributed by atoms with Gasteiger partial charge in [-0.15, -0.1) is 34.2 Å². The normalized spacial score (nSPS) is 20.2. The van der Waals surface area contributed by atoms with Crippen LogP contribution in [0.4, 0.5) is 0 Å². The Morgan fingerprint density at radius 2 is 2.07 bits per heavy atom. The van der Waals surface area contributed by atoms with Gasteiger partial charge in [-0.2, -0.15) is 0 Å². The van der Waals surface area contributed by atoms with Crippen LogP contribution in [0.25, 0.3) is 0 Å². The number of benzene rings is 1. The summed E-state index contributed by atoms with van der Waals surface area (Å²) in [5.74, 6) is 3.04. The average molecular weight is 532 g/mol. The Hall–Kier alpha value is -1.39. The van der Waals surface area contributed by atoms with Crippen molar-refractivity contribution >= 4 is 41.5 Å². The number of likely N-dealkylation sites (tertiary alicyclic amines) is 1. The first-order valence-electron chi connectivity index (χ1n) is 9.74. The molecule has 2 unspecified atom stereocenters. The number of aromatic nitrogens is 3. The van der Waals surface area contributed by atoms with E-state index in [2.05, 4.69) is 49.9 Å². The lowest BCUT2D eigenvalue weighted by Crippen LogP contribution is -2.45. The monoisotopic (exact) mass is 531 g/mol. The molecule has 0 spiro atoms. The molecular formula is C20H31ClIN7. The number of guanidine groups is 1. The highest BCUT2D eigenvalue weighted by Crippen LogP contribution is 2.35. The lowest BCUT2D eigenvalue weighted by atomic mass is 9.85. The van der Waals surface area contributed by atoms with Crippen LogP contribution in [0, 0.1) is 12.8 Å². The Kier molecular flexibility index (Phi) is 9.16. The molecule has 1 aliphatic heterocycles. The van der Waals surface area contributed by atoms with Gasteiger partial charge in [-0.3, -0.25) is 9.89 Å². The second-order valence-electron chi connectivity index (χ2n) is 7.41. The Labute approximate surface area is 195 Å². The van der Waals surface area contributed by atoms with Crippen LogP contribution in [0.15, 0.2) is 29.3 Å². The van der Waals surface area contributed by atoms with Crippen LogP contribution in [0.1, 0.15) is 36.1 Å². The molecule has 1 aromatic heterocycles. The van der Waals surface area contributed by atoms with E-state index in [9.17, 15) is 0 Å². The number of hydrogen-bond donors (Lipinski definition) is 2. The van der Waals surface area contributed by atoms with Crippen molar-refractivity contribution < 1.29 is 0 Å². The Morgan fingerprint density at radius 1 is 1.28 bits per heavy atom. The van der Waals surface area contributed by atoms with Crippen LogP contribution in [-0.4, -0.2) is 52.8 Å². The quantitative estimate of drug-likeness (QED) is 0.352. The number of nitrogens with one attached hydrogen (secondary N) is 2. The van der Waals surface area contributed by atoms with Crippen molar-refractivity contribution in [2.24, 2.45) is 18.0 Å². The maximum Gasteiger partial charge on any atom is 0.191 e. The number of piperidine rings is 1. The van der Waals surface area contributed by atoms with Gasteiger partial charge >= 0.3 is 0 Å². The predicted molar refractivity (Wildman–Crippen MR) is 129 cm³/mol. The highest BCUT2D eigenvalue weighted by atomic mass is 127. The van der Waals surface area contributed by atoms with Gasteiger partial charge < -0.3 is 15.2 Å². The van der Waals surface area contributed by atoms with Crippen molar-refractivity contribution in [2.45, 2.75) is 32.4 Å². The largest absolute Gasteiger partial charge is 0.356 e. The van der Waals surface area contributed by atoms with E-state index < -0.39 is 0 Å². The molecule has 2 N–H and O–H groups in total. The molecule has 1 saturated heterocycles. The van der Waals surface area contributed by atoms with Crippen molar-refractivity contribution in [1.82, 2.24) is 30.3 Å². The van der Waals surface area contributed by atoms with Gasteiger partial charge in [-0.1, -0.05) is 23.7 Å². The van der Waals surface area contributed by atoms with E-state index in [1.807, 2.05) is 30.7 Å². The molecule has 1 aliphatic rings. The number of rotatable bonds is 5. The van der Waals surface area contributed by atoms with Crippen molar-refractivity contribution in [3.05, 3.63) is 46.5 Å². The van der Waals surface area contributed by atoms with Gasteiger partial charge in [0.1, 0.15) is 5.82 Å².